The van der Waals surface area contributed by atoms with Crippen molar-refractivity contribution in [3.05, 3.63) is 87.8 Å². The summed E-state index contributed by atoms with van der Waals surface area (Å²) in [6.07, 6.45) is 1.18. The summed E-state index contributed by atoms with van der Waals surface area (Å²) in [6.45, 7) is 3.61. The van der Waals surface area contributed by atoms with E-state index in [9.17, 15) is 14.7 Å². The number of ether oxygens (including phenoxy) is 1. The van der Waals surface area contributed by atoms with Crippen LogP contribution in [0.2, 0.25) is 5.02 Å². The van der Waals surface area contributed by atoms with Crippen molar-refractivity contribution < 1.29 is 19.4 Å². The minimum absolute atomic E-state index is 0.0169. The van der Waals surface area contributed by atoms with Gasteiger partial charge in [-0.3, -0.25) is 15.1 Å². The number of carbonyl (C=O) groups is 2. The maximum atomic E-state index is 12.8. The SMILES string of the molecule is CCOC(=O)C1=C(O)/C(=C\C(=O)c2ccc(C)cc2)N(c2ccccc2Cl)C1=N. The molecule has 1 aliphatic rings. The standard InChI is InChI=1S/C22H19ClN2O4/c1-3-29-22(28)19-20(27)17(12-18(26)14-10-8-13(2)9-11-14)25(21(19)24)16-7-5-4-6-15(16)23/h4-12,24,27H,3H2,1-2H3/b17-12+,24-21?. The molecule has 3 rings (SSSR count). The first-order valence-electron chi connectivity index (χ1n) is 8.92. The Morgan fingerprint density at radius 2 is 1.83 bits per heavy atom. The summed E-state index contributed by atoms with van der Waals surface area (Å²) in [6, 6.07) is 13.6. The molecule has 0 bridgehead atoms. The lowest BCUT2D eigenvalue weighted by Crippen LogP contribution is -2.28. The Balaban J connectivity index is 2.13. The molecule has 0 fully saturated rings. The Kier molecular flexibility index (Phi) is 5.84. The third-order valence-electron chi connectivity index (χ3n) is 4.36. The van der Waals surface area contributed by atoms with Crippen LogP contribution in [-0.2, 0) is 9.53 Å². The fourth-order valence-electron chi connectivity index (χ4n) is 2.92. The maximum absolute atomic E-state index is 12.8. The Morgan fingerprint density at radius 1 is 1.17 bits per heavy atom. The molecule has 0 saturated carbocycles. The van der Waals surface area contributed by atoms with Crippen molar-refractivity contribution in [3.8, 4) is 0 Å². The average Bonchev–Trinajstić information content (AvgIpc) is 2.93. The molecule has 0 spiro atoms. The number of allylic oxidation sites excluding steroid dienone is 1. The zero-order valence-corrected chi connectivity index (χ0v) is 16.7. The van der Waals surface area contributed by atoms with Crippen LogP contribution in [0.5, 0.6) is 0 Å². The Bertz CT molecular complexity index is 1050. The number of nitrogens with zero attached hydrogens (tertiary/aromatic N) is 1. The van der Waals surface area contributed by atoms with E-state index < -0.39 is 11.7 Å². The van der Waals surface area contributed by atoms with Gasteiger partial charge >= 0.3 is 5.97 Å². The molecular formula is C22H19ClN2O4. The normalized spacial score (nSPS) is 15.2. The lowest BCUT2D eigenvalue weighted by atomic mass is 10.1. The van der Waals surface area contributed by atoms with Gasteiger partial charge in [-0.15, -0.1) is 0 Å². The number of hydrogen-bond donors (Lipinski definition) is 2. The molecule has 2 aromatic rings. The quantitative estimate of drug-likeness (QED) is 0.427. The second-order valence-electron chi connectivity index (χ2n) is 6.34. The van der Waals surface area contributed by atoms with Crippen molar-refractivity contribution >= 4 is 34.9 Å². The third-order valence-corrected chi connectivity index (χ3v) is 4.68. The number of hydrogen-bond acceptors (Lipinski definition) is 5. The van der Waals surface area contributed by atoms with Gasteiger partial charge in [0, 0.05) is 11.6 Å². The number of esters is 1. The number of anilines is 1. The predicted molar refractivity (Wildman–Crippen MR) is 112 cm³/mol. The van der Waals surface area contributed by atoms with E-state index in [-0.39, 0.29) is 29.5 Å². The van der Waals surface area contributed by atoms with Crippen LogP contribution in [-0.4, -0.2) is 29.3 Å². The summed E-state index contributed by atoms with van der Waals surface area (Å²) in [7, 11) is 0. The van der Waals surface area contributed by atoms with E-state index >= 15 is 0 Å². The van der Waals surface area contributed by atoms with E-state index in [2.05, 4.69) is 0 Å². The van der Waals surface area contributed by atoms with E-state index in [1.54, 1.807) is 55.5 Å². The van der Waals surface area contributed by atoms with Crippen LogP contribution >= 0.6 is 11.6 Å². The van der Waals surface area contributed by atoms with Gasteiger partial charge in [0.15, 0.2) is 11.5 Å². The molecule has 0 aliphatic carbocycles. The third kappa shape index (κ3) is 3.93. The zero-order valence-electron chi connectivity index (χ0n) is 15.9. The number of amidine groups is 1. The highest BCUT2D eigenvalue weighted by Crippen LogP contribution is 2.37. The number of para-hydroxylation sites is 1. The number of halogens is 1. The molecule has 7 heteroatoms. The number of rotatable bonds is 5. The molecule has 2 N–H and O–H groups in total. The summed E-state index contributed by atoms with van der Waals surface area (Å²) < 4.78 is 4.96. The first kappa shape index (κ1) is 20.4. The van der Waals surface area contributed by atoms with Crippen LogP contribution in [0.25, 0.3) is 0 Å². The molecule has 0 amide bonds. The molecule has 0 radical (unpaired) electrons. The van der Waals surface area contributed by atoms with Crippen molar-refractivity contribution in [1.82, 2.24) is 0 Å². The van der Waals surface area contributed by atoms with Crippen molar-refractivity contribution in [1.29, 1.82) is 5.41 Å². The van der Waals surface area contributed by atoms with Gasteiger partial charge in [-0.05, 0) is 26.0 Å². The van der Waals surface area contributed by atoms with Crippen molar-refractivity contribution in [2.24, 2.45) is 0 Å². The summed E-state index contributed by atoms with van der Waals surface area (Å²) in [4.78, 5) is 26.3. The van der Waals surface area contributed by atoms with Crippen LogP contribution in [0.15, 0.2) is 71.6 Å². The Hall–Kier alpha value is -3.38. The number of benzene rings is 2. The molecular weight excluding hydrogens is 392 g/mol. The van der Waals surface area contributed by atoms with E-state index in [0.717, 1.165) is 5.56 Å². The number of aryl methyl sites for hydroxylation is 1. The van der Waals surface area contributed by atoms with Gasteiger partial charge in [0.25, 0.3) is 0 Å². The number of nitrogens with one attached hydrogen (secondary N) is 1. The predicted octanol–water partition coefficient (Wildman–Crippen LogP) is 4.59. The summed E-state index contributed by atoms with van der Waals surface area (Å²) in [5.41, 5.74) is 1.42. The van der Waals surface area contributed by atoms with E-state index in [1.165, 1.54) is 11.0 Å². The largest absolute Gasteiger partial charge is 0.505 e. The molecule has 2 aromatic carbocycles. The van der Waals surface area contributed by atoms with Crippen LogP contribution in [0.3, 0.4) is 0 Å². The van der Waals surface area contributed by atoms with E-state index in [0.29, 0.717) is 16.3 Å². The fourth-order valence-corrected chi connectivity index (χ4v) is 3.14. The molecule has 0 unspecified atom stereocenters. The Labute approximate surface area is 173 Å². The van der Waals surface area contributed by atoms with Gasteiger partial charge in [-0.1, -0.05) is 53.6 Å². The van der Waals surface area contributed by atoms with Gasteiger partial charge in [0.05, 0.1) is 23.0 Å². The topological polar surface area (TPSA) is 90.7 Å². The van der Waals surface area contributed by atoms with Crippen molar-refractivity contribution in [2.45, 2.75) is 13.8 Å². The highest BCUT2D eigenvalue weighted by atomic mass is 35.5. The molecule has 6 nitrogen and oxygen atoms in total. The molecule has 0 atom stereocenters. The molecule has 1 heterocycles. The molecule has 1 aliphatic heterocycles. The lowest BCUT2D eigenvalue weighted by molar-refractivity contribution is -0.138. The van der Waals surface area contributed by atoms with E-state index in [4.69, 9.17) is 21.7 Å². The van der Waals surface area contributed by atoms with Crippen LogP contribution in [0.1, 0.15) is 22.8 Å². The number of aliphatic hydroxyl groups is 1. The second-order valence-corrected chi connectivity index (χ2v) is 6.75. The van der Waals surface area contributed by atoms with E-state index in [1.807, 2.05) is 6.92 Å². The van der Waals surface area contributed by atoms with Crippen LogP contribution in [0, 0.1) is 12.3 Å². The summed E-state index contributed by atoms with van der Waals surface area (Å²) in [5.74, 6) is -2.06. The smallest absolute Gasteiger partial charge is 0.345 e. The highest BCUT2D eigenvalue weighted by molar-refractivity contribution is 6.36. The number of ketones is 1. The monoisotopic (exact) mass is 410 g/mol. The van der Waals surface area contributed by atoms with Gasteiger partial charge in [0.2, 0.25) is 0 Å². The average molecular weight is 411 g/mol. The Morgan fingerprint density at radius 3 is 2.45 bits per heavy atom. The first-order chi connectivity index (χ1) is 13.8. The van der Waals surface area contributed by atoms with Gasteiger partial charge < -0.3 is 9.84 Å². The number of carbonyl (C=O) groups excluding carboxylic acids is 2. The second kappa shape index (κ2) is 8.32. The maximum Gasteiger partial charge on any atom is 0.345 e. The van der Waals surface area contributed by atoms with Crippen molar-refractivity contribution in [3.63, 3.8) is 0 Å². The number of aliphatic hydroxyl groups excluding tert-OH is 1. The molecule has 0 saturated heterocycles. The lowest BCUT2D eigenvalue weighted by Gasteiger charge is -2.22. The highest BCUT2D eigenvalue weighted by Gasteiger charge is 2.39. The van der Waals surface area contributed by atoms with Crippen LogP contribution in [0.4, 0.5) is 5.69 Å². The summed E-state index contributed by atoms with van der Waals surface area (Å²) in [5, 5.41) is 19.4. The van der Waals surface area contributed by atoms with Gasteiger partial charge in [0.1, 0.15) is 11.4 Å². The zero-order chi connectivity index (χ0) is 21.1. The van der Waals surface area contributed by atoms with Crippen molar-refractivity contribution in [2.75, 3.05) is 11.5 Å². The fraction of sp³-hybridized carbons (Fsp3) is 0.136. The minimum Gasteiger partial charge on any atom is -0.505 e. The molecule has 29 heavy (non-hydrogen) atoms. The summed E-state index contributed by atoms with van der Waals surface area (Å²) >= 11 is 6.28. The first-order valence-corrected chi connectivity index (χ1v) is 9.30. The molecule has 0 aromatic heterocycles. The van der Waals surface area contributed by atoms with Gasteiger partial charge in [-0.25, -0.2) is 4.79 Å². The van der Waals surface area contributed by atoms with Gasteiger partial charge in [-0.2, -0.15) is 0 Å². The molecule has 148 valence electrons. The van der Waals surface area contributed by atoms with Crippen LogP contribution < -0.4 is 4.90 Å². The minimum atomic E-state index is -0.849.